The summed E-state index contributed by atoms with van der Waals surface area (Å²) < 4.78 is 34.0. The third kappa shape index (κ3) is 13.5. The van der Waals surface area contributed by atoms with Gasteiger partial charge in [-0.3, -0.25) is 4.79 Å². The number of fused-ring (bicyclic) bond motifs is 1. The zero-order valence-corrected chi connectivity index (χ0v) is 26.3. The topological polar surface area (TPSA) is 117 Å². The summed E-state index contributed by atoms with van der Waals surface area (Å²) in [5.41, 5.74) is 1.61. The smallest absolute Gasteiger partial charge is 0.319 e. The Morgan fingerprint density at radius 1 is 0.705 bits per heavy atom. The SMILES string of the molecule is CCCCCCCCNC(=O)Nc1cccc(C(=O)N(C)c2ccc3c(c2)OCCOCCOCCOCCOCCO3)c1. The average molecular weight is 616 g/mol. The lowest BCUT2D eigenvalue weighted by molar-refractivity contribution is -0.00841. The molecule has 11 nitrogen and oxygen atoms in total. The molecule has 0 fully saturated rings. The molecule has 1 aliphatic heterocycles. The lowest BCUT2D eigenvalue weighted by atomic mass is 10.1. The van der Waals surface area contributed by atoms with E-state index >= 15 is 0 Å². The first-order valence-corrected chi connectivity index (χ1v) is 15.7. The van der Waals surface area contributed by atoms with Crippen LogP contribution >= 0.6 is 0 Å². The Labute approximate surface area is 261 Å². The van der Waals surface area contributed by atoms with Crippen molar-refractivity contribution >= 4 is 23.3 Å². The van der Waals surface area contributed by atoms with Crippen LogP contribution in [0.25, 0.3) is 0 Å². The van der Waals surface area contributed by atoms with E-state index in [1.54, 1.807) is 49.5 Å². The Morgan fingerprint density at radius 2 is 1.30 bits per heavy atom. The molecule has 1 aliphatic rings. The van der Waals surface area contributed by atoms with Crippen LogP contribution in [0.3, 0.4) is 0 Å². The lowest BCUT2D eigenvalue weighted by Gasteiger charge is -2.21. The largest absolute Gasteiger partial charge is 0.487 e. The van der Waals surface area contributed by atoms with Crippen LogP contribution in [0.1, 0.15) is 55.8 Å². The molecule has 244 valence electrons. The molecule has 2 N–H and O–H groups in total. The summed E-state index contributed by atoms with van der Waals surface area (Å²) in [7, 11) is 1.69. The number of nitrogens with one attached hydrogen (secondary N) is 2. The van der Waals surface area contributed by atoms with Crippen LogP contribution in [-0.2, 0) is 18.9 Å². The number of nitrogens with zero attached hydrogens (tertiary/aromatic N) is 1. The Hall–Kier alpha value is -3.38. The Kier molecular flexibility index (Phi) is 17.0. The maximum absolute atomic E-state index is 13.4. The second-order valence-electron chi connectivity index (χ2n) is 10.4. The third-order valence-electron chi connectivity index (χ3n) is 6.89. The number of hydrogen-bond donors (Lipinski definition) is 2. The number of amides is 3. The second-order valence-corrected chi connectivity index (χ2v) is 10.4. The second kappa shape index (κ2) is 21.3. The van der Waals surface area contributed by atoms with Gasteiger partial charge >= 0.3 is 6.03 Å². The van der Waals surface area contributed by atoms with E-state index in [4.69, 9.17) is 28.4 Å². The third-order valence-corrected chi connectivity index (χ3v) is 6.89. The molecule has 3 rings (SSSR count). The summed E-state index contributed by atoms with van der Waals surface area (Å²) >= 11 is 0. The highest BCUT2D eigenvalue weighted by Gasteiger charge is 2.17. The number of benzene rings is 2. The van der Waals surface area contributed by atoms with E-state index in [1.165, 1.54) is 30.6 Å². The molecule has 0 saturated carbocycles. The van der Waals surface area contributed by atoms with Gasteiger partial charge in [0.05, 0.1) is 52.9 Å². The van der Waals surface area contributed by atoms with Gasteiger partial charge in [-0.1, -0.05) is 45.1 Å². The molecule has 0 aromatic heterocycles. The number of urea groups is 1. The first-order chi connectivity index (χ1) is 21.6. The van der Waals surface area contributed by atoms with Gasteiger partial charge in [0.15, 0.2) is 11.5 Å². The maximum atomic E-state index is 13.4. The van der Waals surface area contributed by atoms with Crippen LogP contribution in [0, 0.1) is 0 Å². The van der Waals surface area contributed by atoms with E-state index < -0.39 is 0 Å². The minimum Gasteiger partial charge on any atom is -0.487 e. The van der Waals surface area contributed by atoms with Crippen LogP contribution in [0.2, 0.25) is 0 Å². The highest BCUT2D eigenvalue weighted by Crippen LogP contribution is 2.32. The van der Waals surface area contributed by atoms with Gasteiger partial charge < -0.3 is 44.0 Å². The zero-order chi connectivity index (χ0) is 31.2. The van der Waals surface area contributed by atoms with E-state index in [1.807, 2.05) is 0 Å². The number of rotatable bonds is 10. The minimum atomic E-state index is -0.285. The van der Waals surface area contributed by atoms with E-state index in [9.17, 15) is 9.59 Å². The molecule has 0 unspecified atom stereocenters. The van der Waals surface area contributed by atoms with Crippen LogP contribution in [0.5, 0.6) is 11.5 Å². The molecular weight excluding hydrogens is 566 g/mol. The lowest BCUT2D eigenvalue weighted by Crippen LogP contribution is -2.30. The summed E-state index contributed by atoms with van der Waals surface area (Å²) in [6, 6.07) is 12.0. The van der Waals surface area contributed by atoms with E-state index in [-0.39, 0.29) is 11.9 Å². The number of unbranched alkanes of at least 4 members (excludes halogenated alkanes) is 5. The molecule has 2 aromatic carbocycles. The summed E-state index contributed by atoms with van der Waals surface area (Å²) in [5, 5.41) is 5.72. The van der Waals surface area contributed by atoms with Crippen molar-refractivity contribution < 1.29 is 38.0 Å². The van der Waals surface area contributed by atoms with Gasteiger partial charge in [-0.25, -0.2) is 4.79 Å². The molecule has 11 heteroatoms. The van der Waals surface area contributed by atoms with E-state index in [0.29, 0.717) is 101 Å². The molecule has 3 amide bonds. The van der Waals surface area contributed by atoms with Crippen molar-refractivity contribution in [3.05, 3.63) is 48.0 Å². The quantitative estimate of drug-likeness (QED) is 0.347. The molecule has 0 saturated heterocycles. The normalized spacial score (nSPS) is 15.4. The van der Waals surface area contributed by atoms with Crippen LogP contribution in [-0.4, -0.2) is 91.6 Å². The molecule has 0 atom stereocenters. The van der Waals surface area contributed by atoms with Crippen LogP contribution in [0.15, 0.2) is 42.5 Å². The van der Waals surface area contributed by atoms with Gasteiger partial charge in [0, 0.05) is 36.6 Å². The summed E-state index contributed by atoms with van der Waals surface area (Å²) in [6.07, 6.45) is 6.94. The van der Waals surface area contributed by atoms with Gasteiger partial charge in [0.25, 0.3) is 5.91 Å². The van der Waals surface area contributed by atoms with Crippen LogP contribution < -0.4 is 25.0 Å². The molecule has 0 aliphatic carbocycles. The highest BCUT2D eigenvalue weighted by molar-refractivity contribution is 6.06. The Balaban J connectivity index is 1.57. The molecular formula is C33H49N3O8. The number of carbonyl (C=O) groups excluding carboxylic acids is 2. The predicted molar refractivity (Wildman–Crippen MR) is 170 cm³/mol. The zero-order valence-electron chi connectivity index (χ0n) is 26.3. The fourth-order valence-corrected chi connectivity index (χ4v) is 4.44. The van der Waals surface area contributed by atoms with Gasteiger partial charge in [-0.05, 0) is 36.8 Å². The van der Waals surface area contributed by atoms with Crippen molar-refractivity contribution in [1.82, 2.24) is 5.32 Å². The van der Waals surface area contributed by atoms with Crippen LogP contribution in [0.4, 0.5) is 16.2 Å². The van der Waals surface area contributed by atoms with Gasteiger partial charge in [-0.2, -0.15) is 0 Å². The fourth-order valence-electron chi connectivity index (χ4n) is 4.44. The van der Waals surface area contributed by atoms with Gasteiger partial charge in [-0.15, -0.1) is 0 Å². The maximum Gasteiger partial charge on any atom is 0.319 e. The number of anilines is 2. The van der Waals surface area contributed by atoms with Crippen molar-refractivity contribution in [1.29, 1.82) is 0 Å². The molecule has 0 bridgehead atoms. The molecule has 1 heterocycles. The first-order valence-electron chi connectivity index (χ1n) is 15.7. The Morgan fingerprint density at radius 3 is 1.95 bits per heavy atom. The fraction of sp³-hybridized carbons (Fsp3) is 0.576. The molecule has 2 aromatic rings. The monoisotopic (exact) mass is 615 g/mol. The van der Waals surface area contributed by atoms with Gasteiger partial charge in [0.1, 0.15) is 13.2 Å². The first kappa shape index (κ1) is 35.1. The molecule has 0 radical (unpaired) electrons. The standard InChI is InChI=1S/C33H49N3O8/c1-3-4-5-6-7-8-14-34-33(38)35-28-11-9-10-27(25-28)32(37)36(2)29-12-13-30-31(26-29)44-24-22-42-20-18-40-16-15-39-17-19-41-21-23-43-30/h9-13,25-26H,3-8,14-24H2,1-2H3,(H2,34,35,38). The van der Waals surface area contributed by atoms with Crippen molar-refractivity contribution in [3.63, 3.8) is 0 Å². The van der Waals surface area contributed by atoms with E-state index in [0.717, 1.165) is 12.8 Å². The Bertz CT molecular complexity index is 1120. The summed E-state index contributed by atoms with van der Waals surface area (Å²) in [4.78, 5) is 27.3. The van der Waals surface area contributed by atoms with Crippen molar-refractivity contribution in [2.45, 2.75) is 45.4 Å². The van der Waals surface area contributed by atoms with Crippen molar-refractivity contribution in [2.75, 3.05) is 89.9 Å². The van der Waals surface area contributed by atoms with Crippen molar-refractivity contribution in [3.8, 4) is 11.5 Å². The number of hydrogen-bond acceptors (Lipinski definition) is 8. The minimum absolute atomic E-state index is 0.235. The van der Waals surface area contributed by atoms with Gasteiger partial charge in [0.2, 0.25) is 0 Å². The summed E-state index contributed by atoms with van der Waals surface area (Å²) in [5.74, 6) is 0.794. The number of ether oxygens (including phenoxy) is 6. The molecule has 0 spiro atoms. The van der Waals surface area contributed by atoms with Crippen molar-refractivity contribution in [2.24, 2.45) is 0 Å². The molecule has 44 heavy (non-hydrogen) atoms. The van der Waals surface area contributed by atoms with E-state index in [2.05, 4.69) is 17.6 Å². The predicted octanol–water partition coefficient (Wildman–Crippen LogP) is 5.28. The average Bonchev–Trinajstić information content (AvgIpc) is 3.03. The number of carbonyl (C=O) groups is 2. The summed E-state index contributed by atoms with van der Waals surface area (Å²) in [6.45, 7) is 7.07. The highest BCUT2D eigenvalue weighted by atomic mass is 16.6.